The first-order valence-corrected chi connectivity index (χ1v) is 4.63. The number of carbonyl (C=O) groups is 1. The molecule has 0 bridgehead atoms. The molecule has 0 aliphatic heterocycles. The summed E-state index contributed by atoms with van der Waals surface area (Å²) in [5.74, 6) is -1.15. The number of carbonyl (C=O) groups excluding carboxylic acids is 1. The third kappa shape index (κ3) is 3.56. The van der Waals surface area contributed by atoms with Gasteiger partial charge in [-0.25, -0.2) is 4.39 Å². The Morgan fingerprint density at radius 1 is 1.60 bits per heavy atom. The largest absolute Gasteiger partial charge is 0.343 e. The van der Waals surface area contributed by atoms with Crippen molar-refractivity contribution >= 4 is 17.5 Å². The van der Waals surface area contributed by atoms with E-state index in [2.05, 4.69) is 5.32 Å². The molecule has 15 heavy (non-hydrogen) atoms. The molecule has 0 aliphatic rings. The van der Waals surface area contributed by atoms with E-state index in [0.717, 1.165) is 5.56 Å². The summed E-state index contributed by atoms with van der Waals surface area (Å²) < 4.78 is 12.8. The number of rotatable bonds is 3. The van der Waals surface area contributed by atoms with Crippen molar-refractivity contribution in [2.24, 2.45) is 0 Å². The summed E-state index contributed by atoms with van der Waals surface area (Å²) in [5.41, 5.74) is 0.805. The van der Waals surface area contributed by atoms with Gasteiger partial charge in [0.05, 0.1) is 5.02 Å². The van der Waals surface area contributed by atoms with E-state index in [1.807, 2.05) is 0 Å². The molecule has 1 amide bonds. The average molecular weight is 227 g/mol. The highest BCUT2D eigenvalue weighted by molar-refractivity contribution is 6.30. The number of hydrogen-bond donors (Lipinski definition) is 1. The Balaban J connectivity index is 2.49. The van der Waals surface area contributed by atoms with Gasteiger partial charge in [0.2, 0.25) is 0 Å². The van der Waals surface area contributed by atoms with Crippen molar-refractivity contribution in [1.29, 1.82) is 5.26 Å². The second kappa shape index (κ2) is 5.32. The fourth-order valence-corrected chi connectivity index (χ4v) is 1.26. The molecule has 0 saturated heterocycles. The Kier molecular flexibility index (Phi) is 4.07. The maximum atomic E-state index is 12.8. The minimum absolute atomic E-state index is 0.0547. The predicted molar refractivity (Wildman–Crippen MR) is 53.7 cm³/mol. The van der Waals surface area contributed by atoms with Gasteiger partial charge in [0.15, 0.2) is 6.07 Å². The van der Waals surface area contributed by atoms with Crippen LogP contribution in [0.2, 0.25) is 5.02 Å². The van der Waals surface area contributed by atoms with Crippen molar-refractivity contribution in [2.75, 3.05) is 6.54 Å². The van der Waals surface area contributed by atoms with Crippen LogP contribution in [0.1, 0.15) is 5.56 Å². The van der Waals surface area contributed by atoms with Crippen molar-refractivity contribution in [2.45, 2.75) is 6.42 Å². The lowest BCUT2D eigenvalue weighted by molar-refractivity contribution is -0.115. The standard InChI is InChI=1S/C10H8ClFN2O/c11-8-5-7(1-2-9(8)12)3-4-14-10(15)6-13/h1-2,5H,3-4H2,(H,14,15). The monoisotopic (exact) mass is 226 g/mol. The van der Waals surface area contributed by atoms with Crippen LogP contribution in [0.4, 0.5) is 4.39 Å². The normalized spacial score (nSPS) is 9.40. The average Bonchev–Trinajstić information content (AvgIpc) is 2.23. The third-order valence-electron chi connectivity index (χ3n) is 1.78. The Morgan fingerprint density at radius 2 is 2.33 bits per heavy atom. The van der Waals surface area contributed by atoms with Crippen LogP contribution in [0.5, 0.6) is 0 Å². The molecule has 0 spiro atoms. The number of benzene rings is 1. The molecule has 1 rings (SSSR count). The maximum Gasteiger partial charge on any atom is 0.322 e. The van der Waals surface area contributed by atoms with E-state index in [4.69, 9.17) is 16.9 Å². The number of hydrogen-bond acceptors (Lipinski definition) is 2. The number of nitriles is 1. The fourth-order valence-electron chi connectivity index (χ4n) is 1.06. The minimum Gasteiger partial charge on any atom is -0.343 e. The van der Waals surface area contributed by atoms with Gasteiger partial charge in [-0.2, -0.15) is 5.26 Å². The molecule has 0 heterocycles. The van der Waals surface area contributed by atoms with Crippen LogP contribution < -0.4 is 5.32 Å². The van der Waals surface area contributed by atoms with Gasteiger partial charge in [0.1, 0.15) is 5.82 Å². The molecule has 5 heteroatoms. The zero-order valence-electron chi connectivity index (χ0n) is 7.76. The zero-order chi connectivity index (χ0) is 11.3. The first-order valence-electron chi connectivity index (χ1n) is 4.25. The van der Waals surface area contributed by atoms with Crippen LogP contribution in [-0.4, -0.2) is 12.5 Å². The molecule has 0 atom stereocenters. The Morgan fingerprint density at radius 3 is 2.93 bits per heavy atom. The van der Waals surface area contributed by atoms with Crippen LogP contribution in [0, 0.1) is 17.1 Å². The van der Waals surface area contributed by atoms with Crippen molar-refractivity contribution in [1.82, 2.24) is 5.32 Å². The lowest BCUT2D eigenvalue weighted by atomic mass is 10.1. The van der Waals surface area contributed by atoms with Crippen LogP contribution in [0.25, 0.3) is 0 Å². The number of nitrogens with one attached hydrogen (secondary N) is 1. The van der Waals surface area contributed by atoms with Crippen LogP contribution >= 0.6 is 11.6 Å². The quantitative estimate of drug-likeness (QED) is 0.797. The highest BCUT2D eigenvalue weighted by Gasteiger charge is 2.01. The summed E-state index contributed by atoms with van der Waals surface area (Å²) in [7, 11) is 0. The Bertz CT molecular complexity index is 414. The SMILES string of the molecule is N#CC(=O)NCCc1ccc(F)c(Cl)c1. The first kappa shape index (κ1) is 11.5. The zero-order valence-corrected chi connectivity index (χ0v) is 8.51. The molecular formula is C10H8ClFN2O. The number of amides is 1. The predicted octanol–water partition coefficient (Wildman–Crippen LogP) is 1.66. The van der Waals surface area contributed by atoms with E-state index >= 15 is 0 Å². The maximum absolute atomic E-state index is 12.8. The highest BCUT2D eigenvalue weighted by Crippen LogP contribution is 2.15. The first-order chi connectivity index (χ1) is 7.13. The van der Waals surface area contributed by atoms with Crippen molar-refractivity contribution in [3.63, 3.8) is 0 Å². The molecule has 0 radical (unpaired) electrons. The van der Waals surface area contributed by atoms with Gasteiger partial charge in [-0.15, -0.1) is 0 Å². The van der Waals surface area contributed by atoms with E-state index < -0.39 is 11.7 Å². The van der Waals surface area contributed by atoms with E-state index in [1.165, 1.54) is 18.2 Å². The smallest absolute Gasteiger partial charge is 0.322 e. The van der Waals surface area contributed by atoms with E-state index in [1.54, 1.807) is 6.07 Å². The molecule has 1 aromatic rings. The van der Waals surface area contributed by atoms with Crippen molar-refractivity contribution < 1.29 is 9.18 Å². The third-order valence-corrected chi connectivity index (χ3v) is 2.07. The van der Waals surface area contributed by atoms with Crippen molar-refractivity contribution in [3.8, 4) is 6.07 Å². The van der Waals surface area contributed by atoms with Gasteiger partial charge in [-0.05, 0) is 24.1 Å². The van der Waals surface area contributed by atoms with Crippen molar-refractivity contribution in [3.05, 3.63) is 34.6 Å². The summed E-state index contributed by atoms with van der Waals surface area (Å²) >= 11 is 5.57. The summed E-state index contributed by atoms with van der Waals surface area (Å²) in [6, 6.07) is 5.78. The molecule has 0 aliphatic carbocycles. The molecule has 0 unspecified atom stereocenters. The molecule has 3 nitrogen and oxygen atoms in total. The van der Waals surface area contributed by atoms with E-state index in [0.29, 0.717) is 13.0 Å². The van der Waals surface area contributed by atoms with E-state index in [9.17, 15) is 9.18 Å². The second-order valence-corrected chi connectivity index (χ2v) is 3.27. The Labute approximate surface area is 91.5 Å². The van der Waals surface area contributed by atoms with E-state index in [-0.39, 0.29) is 5.02 Å². The number of halogens is 2. The lowest BCUT2D eigenvalue weighted by Crippen LogP contribution is -2.23. The summed E-state index contributed by atoms with van der Waals surface area (Å²) in [6.45, 7) is 0.328. The highest BCUT2D eigenvalue weighted by atomic mass is 35.5. The second-order valence-electron chi connectivity index (χ2n) is 2.87. The van der Waals surface area contributed by atoms with Gasteiger partial charge < -0.3 is 5.32 Å². The topological polar surface area (TPSA) is 52.9 Å². The molecule has 0 fully saturated rings. The van der Waals surface area contributed by atoms with Gasteiger partial charge in [-0.1, -0.05) is 17.7 Å². The van der Waals surface area contributed by atoms with Gasteiger partial charge >= 0.3 is 5.91 Å². The lowest BCUT2D eigenvalue weighted by Gasteiger charge is -2.02. The van der Waals surface area contributed by atoms with Crippen LogP contribution in [0.15, 0.2) is 18.2 Å². The fraction of sp³-hybridized carbons (Fsp3) is 0.200. The molecule has 1 aromatic carbocycles. The Hall–Kier alpha value is -1.60. The number of nitrogens with zero attached hydrogens (tertiary/aromatic N) is 1. The molecule has 0 aromatic heterocycles. The van der Waals surface area contributed by atoms with Crippen LogP contribution in [-0.2, 0) is 11.2 Å². The van der Waals surface area contributed by atoms with Gasteiger partial charge in [0.25, 0.3) is 0 Å². The summed E-state index contributed by atoms with van der Waals surface area (Å²) in [5, 5.41) is 10.6. The minimum atomic E-state index is -0.678. The summed E-state index contributed by atoms with van der Waals surface area (Å²) in [4.78, 5) is 10.6. The molecule has 0 saturated carbocycles. The summed E-state index contributed by atoms with van der Waals surface area (Å²) in [6.07, 6.45) is 0.507. The molecule has 1 N–H and O–H groups in total. The van der Waals surface area contributed by atoms with Gasteiger partial charge in [0, 0.05) is 6.54 Å². The van der Waals surface area contributed by atoms with Gasteiger partial charge in [-0.3, -0.25) is 4.79 Å². The molecule has 78 valence electrons. The molecular weight excluding hydrogens is 219 g/mol. The van der Waals surface area contributed by atoms with Crippen LogP contribution in [0.3, 0.4) is 0 Å².